The third-order valence-electron chi connectivity index (χ3n) is 14.3. The fourth-order valence-corrected chi connectivity index (χ4v) is 11.2. The Kier molecular flexibility index (Phi) is 17.6. The SMILES string of the molecule is Cc1ncsc1-c1ccc([C@H](C)NC(=O)[C@@H]2C[C@@H](O)CN2C(=O)[C@@H](NCCCCCC(=O)NCC(=O)OC2CCC(Nc3cc(-n4nc(C(F)(F)F)c5c4CC(C)(C)CC5=O)ccc3C(N)=O)CC2)C(C)(C)C)cc1. The Morgan fingerprint density at radius 1 is 0.987 bits per heavy atom. The van der Waals surface area contributed by atoms with Crippen LogP contribution >= 0.6 is 11.3 Å². The summed E-state index contributed by atoms with van der Waals surface area (Å²) in [5, 5.41) is 26.9. The first-order chi connectivity index (χ1) is 35.3. The lowest BCUT2D eigenvalue weighted by atomic mass is 9.75. The number of aryl methyl sites for hydroxylation is 1. The zero-order chi connectivity index (χ0) is 54.6. The van der Waals surface area contributed by atoms with Crippen LogP contribution in [0.4, 0.5) is 18.9 Å². The van der Waals surface area contributed by atoms with Crippen molar-refractivity contribution < 1.29 is 51.8 Å². The number of nitrogens with one attached hydrogen (secondary N) is 4. The van der Waals surface area contributed by atoms with Gasteiger partial charge in [0.1, 0.15) is 18.7 Å². The number of alkyl halides is 3. The summed E-state index contributed by atoms with van der Waals surface area (Å²) in [5.41, 5.74) is 8.42. The van der Waals surface area contributed by atoms with Crippen LogP contribution in [0.25, 0.3) is 16.1 Å². The Labute approximate surface area is 439 Å². The highest BCUT2D eigenvalue weighted by molar-refractivity contribution is 7.13. The van der Waals surface area contributed by atoms with E-state index >= 15 is 0 Å². The van der Waals surface area contributed by atoms with Crippen molar-refractivity contribution in [2.24, 2.45) is 16.6 Å². The van der Waals surface area contributed by atoms with Gasteiger partial charge in [-0.15, -0.1) is 11.3 Å². The number of unbranched alkanes of at least 4 members (excludes halogenated alkanes) is 2. The first-order valence-electron chi connectivity index (χ1n) is 25.7. The Hall–Kier alpha value is -6.19. The number of Topliss-reactive ketones (excluding diaryl/α,β-unsaturated/α-hetero) is 1. The Balaban J connectivity index is 0.819. The summed E-state index contributed by atoms with van der Waals surface area (Å²) in [7, 11) is 0. The average molecular weight is 1060 g/mol. The molecule has 3 aliphatic rings. The number of rotatable bonds is 19. The molecule has 2 fully saturated rings. The van der Waals surface area contributed by atoms with E-state index < -0.39 is 70.2 Å². The third-order valence-corrected chi connectivity index (χ3v) is 15.3. The zero-order valence-corrected chi connectivity index (χ0v) is 44.5. The number of halogens is 3. The van der Waals surface area contributed by atoms with Gasteiger partial charge in [0.05, 0.1) is 56.8 Å². The zero-order valence-electron chi connectivity index (χ0n) is 43.7. The number of aliphatic hydroxyl groups is 1. The summed E-state index contributed by atoms with van der Waals surface area (Å²) in [6, 6.07) is 10.3. The smallest absolute Gasteiger partial charge is 0.435 e. The summed E-state index contributed by atoms with van der Waals surface area (Å²) in [4.78, 5) is 85.6. The van der Waals surface area contributed by atoms with Gasteiger partial charge in [-0.2, -0.15) is 18.3 Å². The normalized spacial score (nSPS) is 20.5. The first-order valence-corrected chi connectivity index (χ1v) is 26.6. The number of aliphatic hydroxyl groups excluding tert-OH is 1. The van der Waals surface area contributed by atoms with Gasteiger partial charge in [-0.1, -0.05) is 65.3 Å². The van der Waals surface area contributed by atoms with Crippen LogP contribution in [0, 0.1) is 17.8 Å². The van der Waals surface area contributed by atoms with Crippen molar-refractivity contribution in [1.29, 1.82) is 0 Å². The molecule has 2 aliphatic carbocycles. The number of benzene rings is 2. The molecule has 4 amide bonds. The molecule has 0 bridgehead atoms. The van der Waals surface area contributed by atoms with Gasteiger partial charge in [0, 0.05) is 37.5 Å². The highest BCUT2D eigenvalue weighted by Crippen LogP contribution is 2.42. The maximum atomic E-state index is 14.1. The van der Waals surface area contributed by atoms with Crippen molar-refractivity contribution >= 4 is 52.4 Å². The van der Waals surface area contributed by atoms with Gasteiger partial charge in [0.15, 0.2) is 11.5 Å². The number of anilines is 1. The van der Waals surface area contributed by atoms with Crippen LogP contribution in [0.1, 0.15) is 155 Å². The van der Waals surface area contributed by atoms with Crippen LogP contribution < -0.4 is 27.0 Å². The molecule has 4 aromatic rings. The number of nitrogens with zero attached hydrogens (tertiary/aromatic N) is 4. The van der Waals surface area contributed by atoms with Crippen LogP contribution in [0.5, 0.6) is 0 Å². The molecule has 4 atom stereocenters. The molecule has 2 aromatic heterocycles. The number of carbonyl (C=O) groups excluding carboxylic acids is 6. The Morgan fingerprint density at radius 3 is 2.33 bits per heavy atom. The minimum absolute atomic E-state index is 0.0461. The Morgan fingerprint density at radius 2 is 1.69 bits per heavy atom. The first kappa shape index (κ1) is 56.5. The molecular weight excluding hydrogens is 992 g/mol. The van der Waals surface area contributed by atoms with Gasteiger partial charge in [0.25, 0.3) is 5.91 Å². The number of fused-ring (bicyclic) bond motifs is 1. The lowest BCUT2D eigenvalue weighted by molar-refractivity contribution is -0.150. The van der Waals surface area contributed by atoms with Crippen molar-refractivity contribution in [2.75, 3.05) is 25.0 Å². The molecule has 1 saturated heterocycles. The van der Waals surface area contributed by atoms with E-state index in [9.17, 15) is 47.0 Å². The molecule has 1 aliphatic heterocycles. The van der Waals surface area contributed by atoms with Crippen LogP contribution in [0.2, 0.25) is 0 Å². The van der Waals surface area contributed by atoms with Gasteiger partial charge in [-0.05, 0) is 105 Å². The van der Waals surface area contributed by atoms with E-state index in [-0.39, 0.29) is 85.5 Å². The molecule has 0 radical (unpaired) electrons. The quantitative estimate of drug-likeness (QED) is 0.0399. The molecule has 21 heteroatoms. The second-order valence-corrected chi connectivity index (χ2v) is 22.9. The van der Waals surface area contributed by atoms with Crippen LogP contribution in [-0.2, 0) is 36.5 Å². The van der Waals surface area contributed by atoms with Gasteiger partial charge >= 0.3 is 12.1 Å². The number of β-amino-alcohol motifs (C(OH)–C–C–N with tert-alkyl or cyclic N) is 1. The number of likely N-dealkylation sites (tertiary alicyclic amines) is 1. The molecule has 2 aromatic carbocycles. The fraction of sp³-hybridized carbons (Fsp3) is 0.556. The molecule has 3 heterocycles. The van der Waals surface area contributed by atoms with E-state index in [0.717, 1.165) is 26.4 Å². The number of thiazole rings is 1. The van der Waals surface area contributed by atoms with Gasteiger partial charge in [0.2, 0.25) is 17.7 Å². The molecule has 7 rings (SSSR count). The summed E-state index contributed by atoms with van der Waals surface area (Å²) in [6.07, 6.45) is -1.82. The molecule has 1 saturated carbocycles. The molecule has 0 spiro atoms. The lowest BCUT2D eigenvalue weighted by Gasteiger charge is -2.35. The van der Waals surface area contributed by atoms with Crippen molar-refractivity contribution in [3.05, 3.63) is 81.7 Å². The van der Waals surface area contributed by atoms with Crippen molar-refractivity contribution in [1.82, 2.24) is 35.6 Å². The van der Waals surface area contributed by atoms with Crippen molar-refractivity contribution in [3.8, 4) is 16.1 Å². The number of hydrogen-bond acceptors (Lipinski definition) is 13. The number of amides is 4. The summed E-state index contributed by atoms with van der Waals surface area (Å²) in [6.45, 7) is 13.5. The average Bonchev–Trinajstić information content (AvgIpc) is 4.07. The van der Waals surface area contributed by atoms with E-state index in [1.54, 1.807) is 11.3 Å². The number of primary amides is 1. The van der Waals surface area contributed by atoms with Gasteiger partial charge in [-0.25, -0.2) is 9.67 Å². The predicted octanol–water partition coefficient (Wildman–Crippen LogP) is 7.36. The van der Waals surface area contributed by atoms with Crippen molar-refractivity contribution in [3.63, 3.8) is 0 Å². The second-order valence-electron chi connectivity index (χ2n) is 22.1. The van der Waals surface area contributed by atoms with Gasteiger partial charge in [-0.3, -0.25) is 28.8 Å². The largest absolute Gasteiger partial charge is 0.461 e. The minimum Gasteiger partial charge on any atom is -0.461 e. The monoisotopic (exact) mass is 1060 g/mol. The Bertz CT molecular complexity index is 2740. The number of nitrogens with two attached hydrogens (primary N) is 1. The second kappa shape index (κ2) is 23.4. The van der Waals surface area contributed by atoms with E-state index in [4.69, 9.17) is 10.5 Å². The maximum absolute atomic E-state index is 14.1. The molecule has 75 heavy (non-hydrogen) atoms. The van der Waals surface area contributed by atoms with E-state index in [2.05, 4.69) is 31.3 Å². The topological polar surface area (TPSA) is 240 Å². The van der Waals surface area contributed by atoms with Crippen LogP contribution in [-0.4, -0.2) is 110 Å². The van der Waals surface area contributed by atoms with E-state index in [0.29, 0.717) is 57.2 Å². The molecule has 0 unspecified atom stereocenters. The van der Waals surface area contributed by atoms with E-state index in [1.807, 2.05) is 78.2 Å². The molecule has 406 valence electrons. The van der Waals surface area contributed by atoms with Crippen LogP contribution in [0.3, 0.4) is 0 Å². The molecular formula is C54H70F3N9O8S. The summed E-state index contributed by atoms with van der Waals surface area (Å²) >= 11 is 1.57. The summed E-state index contributed by atoms with van der Waals surface area (Å²) in [5.74, 6) is -2.86. The molecule has 17 nitrogen and oxygen atoms in total. The minimum atomic E-state index is -4.85. The number of carbonyl (C=O) groups is 6. The van der Waals surface area contributed by atoms with E-state index in [1.165, 1.54) is 23.1 Å². The molecule has 7 N–H and O–H groups in total. The summed E-state index contributed by atoms with van der Waals surface area (Å²) < 4.78 is 49.2. The van der Waals surface area contributed by atoms with Crippen LogP contribution in [0.15, 0.2) is 48.0 Å². The number of aromatic nitrogens is 3. The highest BCUT2D eigenvalue weighted by atomic mass is 32.1. The van der Waals surface area contributed by atoms with Gasteiger partial charge < -0.3 is 41.7 Å². The number of esters is 1. The van der Waals surface area contributed by atoms with Crippen molar-refractivity contribution in [2.45, 2.75) is 162 Å². The fourth-order valence-electron chi connectivity index (χ4n) is 10.4. The number of ether oxygens (including phenoxy) is 1. The highest BCUT2D eigenvalue weighted by Gasteiger charge is 2.46. The lowest BCUT2D eigenvalue weighted by Crippen LogP contribution is -2.56. The third kappa shape index (κ3) is 14.0. The standard InChI is InChI=1S/C54H70F3N9O8S/c1-30(32-12-14-33(15-13-32)46-31(2)61-29-75-46)62-50(72)40-24-36(67)28-65(40)51(73)48(52(3,4)5)59-22-10-8-9-11-43(69)60-27-44(70)74-37-19-16-34(17-20-37)63-39-23-35(18-21-38(39)49(58)71)66-41-25-53(6,7)26-42(68)45(41)47(64-66)54(55,56)57/h12-15,18,21,23,29-30,34,36-37,40,48,59,63,67H,8-11,16-17,19-20,22,24-28H2,1-7H3,(H2,58,71)(H,60,69)(H,62,72)/t30-,34?,36+,37?,40-,48+/m0/s1. The maximum Gasteiger partial charge on any atom is 0.435 e. The number of ketones is 1. The predicted molar refractivity (Wildman–Crippen MR) is 277 cm³/mol. The number of hydrogen-bond donors (Lipinski definition) is 6.